The molecule has 0 spiro atoms. The third kappa shape index (κ3) is 3.75. The maximum Gasteiger partial charge on any atom is 0.237 e. The molecule has 1 aromatic rings. The summed E-state index contributed by atoms with van der Waals surface area (Å²) in [6.07, 6.45) is 0.636. The molecule has 2 unspecified atom stereocenters. The highest BCUT2D eigenvalue weighted by atomic mass is 16.5. The molecule has 0 saturated heterocycles. The first-order valence-corrected chi connectivity index (χ1v) is 5.78. The number of hydrogen-bond acceptors (Lipinski definition) is 3. The summed E-state index contributed by atoms with van der Waals surface area (Å²) in [6, 6.07) is 7.11. The number of carbonyl (C=O) groups is 1. The Morgan fingerprint density at radius 3 is 2.82 bits per heavy atom. The Morgan fingerprint density at radius 2 is 2.24 bits per heavy atom. The zero-order chi connectivity index (χ0) is 12.8. The van der Waals surface area contributed by atoms with E-state index in [-0.39, 0.29) is 11.9 Å². The lowest BCUT2D eigenvalue weighted by Gasteiger charge is -2.17. The van der Waals surface area contributed by atoms with E-state index in [2.05, 4.69) is 5.32 Å². The lowest BCUT2D eigenvalue weighted by atomic mass is 10.1. The lowest BCUT2D eigenvalue weighted by molar-refractivity contribution is -0.123. The largest absolute Gasteiger partial charge is 0.497 e. The number of methoxy groups -OCH3 is 1. The predicted molar refractivity (Wildman–Crippen MR) is 67.8 cm³/mol. The zero-order valence-electron chi connectivity index (χ0n) is 10.6. The zero-order valence-corrected chi connectivity index (χ0v) is 10.6. The van der Waals surface area contributed by atoms with Crippen LogP contribution in [0.2, 0.25) is 0 Å². The Labute approximate surface area is 102 Å². The minimum Gasteiger partial charge on any atom is -0.497 e. The van der Waals surface area contributed by atoms with E-state index in [0.717, 1.165) is 11.3 Å². The van der Waals surface area contributed by atoms with E-state index in [1.165, 1.54) is 0 Å². The van der Waals surface area contributed by atoms with Crippen molar-refractivity contribution >= 4 is 5.91 Å². The van der Waals surface area contributed by atoms with Gasteiger partial charge < -0.3 is 15.8 Å². The molecular weight excluding hydrogens is 216 g/mol. The highest BCUT2D eigenvalue weighted by Crippen LogP contribution is 2.18. The van der Waals surface area contributed by atoms with Crippen molar-refractivity contribution in [3.8, 4) is 5.75 Å². The van der Waals surface area contributed by atoms with Gasteiger partial charge in [-0.2, -0.15) is 0 Å². The number of ether oxygens (including phenoxy) is 1. The highest BCUT2D eigenvalue weighted by molar-refractivity contribution is 5.81. The number of amides is 1. The maximum atomic E-state index is 11.6. The van der Waals surface area contributed by atoms with Crippen LogP contribution in [0.1, 0.15) is 31.9 Å². The molecule has 0 radical (unpaired) electrons. The standard InChI is InChI=1S/C13H20N2O2/c1-4-12(14)13(16)15-9(2)10-6-5-7-11(8-10)17-3/h5-9,12H,4,14H2,1-3H3,(H,15,16). The van der Waals surface area contributed by atoms with Crippen LogP contribution >= 0.6 is 0 Å². The second-order valence-corrected chi connectivity index (χ2v) is 4.02. The summed E-state index contributed by atoms with van der Waals surface area (Å²) in [6.45, 7) is 3.81. The number of carbonyl (C=O) groups excluding carboxylic acids is 1. The Balaban J connectivity index is 2.69. The van der Waals surface area contributed by atoms with Crippen LogP contribution in [0.3, 0.4) is 0 Å². The van der Waals surface area contributed by atoms with Crippen LogP contribution in [-0.4, -0.2) is 19.1 Å². The van der Waals surface area contributed by atoms with Crippen molar-refractivity contribution in [2.24, 2.45) is 5.73 Å². The molecule has 0 aliphatic heterocycles. The summed E-state index contributed by atoms with van der Waals surface area (Å²) in [5, 5.41) is 2.88. The fourth-order valence-electron chi connectivity index (χ4n) is 1.50. The normalized spacial score (nSPS) is 13.9. The van der Waals surface area contributed by atoms with Gasteiger partial charge in [-0.15, -0.1) is 0 Å². The van der Waals surface area contributed by atoms with Crippen molar-refractivity contribution < 1.29 is 9.53 Å². The smallest absolute Gasteiger partial charge is 0.237 e. The van der Waals surface area contributed by atoms with Gasteiger partial charge in [-0.05, 0) is 31.0 Å². The Kier molecular flexibility index (Phi) is 4.97. The van der Waals surface area contributed by atoms with Gasteiger partial charge in [0.2, 0.25) is 5.91 Å². The quantitative estimate of drug-likeness (QED) is 0.816. The molecule has 17 heavy (non-hydrogen) atoms. The molecule has 1 amide bonds. The van der Waals surface area contributed by atoms with Crippen LogP contribution in [0.4, 0.5) is 0 Å². The molecule has 0 aliphatic rings. The minimum atomic E-state index is -0.442. The van der Waals surface area contributed by atoms with Gasteiger partial charge in [0, 0.05) is 0 Å². The average molecular weight is 236 g/mol. The average Bonchev–Trinajstić information content (AvgIpc) is 2.37. The molecular formula is C13H20N2O2. The summed E-state index contributed by atoms with van der Waals surface area (Å²) >= 11 is 0. The first kappa shape index (κ1) is 13.5. The molecule has 1 aromatic carbocycles. The van der Waals surface area contributed by atoms with E-state index in [0.29, 0.717) is 6.42 Å². The fourth-order valence-corrected chi connectivity index (χ4v) is 1.50. The summed E-state index contributed by atoms with van der Waals surface area (Å²) < 4.78 is 5.14. The summed E-state index contributed by atoms with van der Waals surface area (Å²) in [5.41, 5.74) is 6.66. The molecule has 94 valence electrons. The number of nitrogens with two attached hydrogens (primary N) is 1. The number of nitrogens with one attached hydrogen (secondary N) is 1. The third-order valence-corrected chi connectivity index (χ3v) is 2.73. The second-order valence-electron chi connectivity index (χ2n) is 4.02. The van der Waals surface area contributed by atoms with Crippen molar-refractivity contribution in [3.05, 3.63) is 29.8 Å². The second kappa shape index (κ2) is 6.25. The maximum absolute atomic E-state index is 11.6. The summed E-state index contributed by atoms with van der Waals surface area (Å²) in [7, 11) is 1.62. The molecule has 0 fully saturated rings. The lowest BCUT2D eigenvalue weighted by Crippen LogP contribution is -2.41. The van der Waals surface area contributed by atoms with Crippen molar-refractivity contribution in [3.63, 3.8) is 0 Å². The van der Waals surface area contributed by atoms with E-state index in [4.69, 9.17) is 10.5 Å². The Bertz CT molecular complexity index is 379. The van der Waals surface area contributed by atoms with E-state index < -0.39 is 6.04 Å². The minimum absolute atomic E-state index is 0.0739. The van der Waals surface area contributed by atoms with E-state index in [1.54, 1.807) is 7.11 Å². The fraction of sp³-hybridized carbons (Fsp3) is 0.462. The highest BCUT2D eigenvalue weighted by Gasteiger charge is 2.14. The van der Waals surface area contributed by atoms with Gasteiger partial charge in [0.25, 0.3) is 0 Å². The van der Waals surface area contributed by atoms with Gasteiger partial charge >= 0.3 is 0 Å². The number of rotatable bonds is 5. The van der Waals surface area contributed by atoms with Gasteiger partial charge in [-0.1, -0.05) is 19.1 Å². The predicted octanol–water partition coefficient (Wildman–Crippen LogP) is 1.61. The van der Waals surface area contributed by atoms with Gasteiger partial charge in [-0.25, -0.2) is 0 Å². The molecule has 1 rings (SSSR count). The van der Waals surface area contributed by atoms with Gasteiger partial charge in [0.05, 0.1) is 19.2 Å². The summed E-state index contributed by atoms with van der Waals surface area (Å²) in [5.74, 6) is 0.659. The molecule has 0 bridgehead atoms. The van der Waals surface area contributed by atoms with Gasteiger partial charge in [0.15, 0.2) is 0 Å². The summed E-state index contributed by atoms with van der Waals surface area (Å²) in [4.78, 5) is 11.6. The first-order chi connectivity index (χ1) is 8.08. The topological polar surface area (TPSA) is 64.4 Å². The number of benzene rings is 1. The SMILES string of the molecule is CCC(N)C(=O)NC(C)c1cccc(OC)c1. The van der Waals surface area contributed by atoms with Crippen LogP contribution in [-0.2, 0) is 4.79 Å². The number of hydrogen-bond donors (Lipinski definition) is 2. The van der Waals surface area contributed by atoms with E-state index in [9.17, 15) is 4.79 Å². The molecule has 2 atom stereocenters. The molecule has 0 aromatic heterocycles. The molecule has 4 nitrogen and oxygen atoms in total. The molecule has 4 heteroatoms. The first-order valence-electron chi connectivity index (χ1n) is 5.78. The molecule has 0 saturated carbocycles. The van der Waals surface area contributed by atoms with Crippen molar-refractivity contribution in [1.82, 2.24) is 5.32 Å². The van der Waals surface area contributed by atoms with Crippen LogP contribution < -0.4 is 15.8 Å². The van der Waals surface area contributed by atoms with E-state index >= 15 is 0 Å². The van der Waals surface area contributed by atoms with Crippen LogP contribution in [0.15, 0.2) is 24.3 Å². The van der Waals surface area contributed by atoms with Crippen molar-refractivity contribution in [2.75, 3.05) is 7.11 Å². The van der Waals surface area contributed by atoms with Crippen LogP contribution in [0.5, 0.6) is 5.75 Å². The molecule has 0 aliphatic carbocycles. The van der Waals surface area contributed by atoms with E-state index in [1.807, 2.05) is 38.1 Å². The Morgan fingerprint density at radius 1 is 1.53 bits per heavy atom. The Hall–Kier alpha value is -1.55. The van der Waals surface area contributed by atoms with Crippen molar-refractivity contribution in [1.29, 1.82) is 0 Å². The van der Waals surface area contributed by atoms with Gasteiger partial charge in [-0.3, -0.25) is 4.79 Å². The monoisotopic (exact) mass is 236 g/mol. The molecule has 0 heterocycles. The third-order valence-electron chi connectivity index (χ3n) is 2.73. The van der Waals surface area contributed by atoms with Crippen LogP contribution in [0.25, 0.3) is 0 Å². The van der Waals surface area contributed by atoms with Crippen molar-refractivity contribution in [2.45, 2.75) is 32.4 Å². The molecule has 3 N–H and O–H groups in total. The van der Waals surface area contributed by atoms with Gasteiger partial charge in [0.1, 0.15) is 5.75 Å². The van der Waals surface area contributed by atoms with Crippen LogP contribution in [0, 0.1) is 0 Å².